The molecule has 1 aliphatic carbocycles. The van der Waals surface area contributed by atoms with E-state index in [0.29, 0.717) is 36.9 Å². The number of carboxylic acids is 1. The first-order valence-corrected chi connectivity index (χ1v) is 17.9. The Hall–Kier alpha value is -4.28. The van der Waals surface area contributed by atoms with Crippen molar-refractivity contribution in [3.05, 3.63) is 84.4 Å². The Bertz CT molecular complexity index is 1700. The van der Waals surface area contributed by atoms with Crippen molar-refractivity contribution >= 4 is 21.9 Å². The maximum Gasteiger partial charge on any atom is 0.490 e. The Morgan fingerprint density at radius 3 is 2.02 bits per heavy atom. The lowest BCUT2D eigenvalue weighted by atomic mass is 9.90. The van der Waals surface area contributed by atoms with Gasteiger partial charge in [-0.3, -0.25) is 4.79 Å². The lowest BCUT2D eigenvalue weighted by molar-refractivity contribution is -0.192. The summed E-state index contributed by atoms with van der Waals surface area (Å²) < 4.78 is 105. The summed E-state index contributed by atoms with van der Waals surface area (Å²) >= 11 is 0. The van der Waals surface area contributed by atoms with Gasteiger partial charge in [0.05, 0.1) is 11.5 Å². The van der Waals surface area contributed by atoms with Crippen LogP contribution in [0, 0.1) is 5.92 Å². The number of rotatable bonds is 11. The summed E-state index contributed by atoms with van der Waals surface area (Å²) in [6.45, 7) is 0.844. The van der Waals surface area contributed by atoms with Gasteiger partial charge in [0.15, 0.2) is 6.04 Å². The molecule has 0 radical (unpaired) electrons. The van der Waals surface area contributed by atoms with E-state index in [4.69, 9.17) is 25.1 Å². The highest BCUT2D eigenvalue weighted by atomic mass is 32.2. The zero-order valence-corrected chi connectivity index (χ0v) is 28.3. The van der Waals surface area contributed by atoms with Crippen LogP contribution < -0.4 is 19.9 Å². The molecule has 0 spiro atoms. The smallest absolute Gasteiger partial charge is 0.490 e. The Morgan fingerprint density at radius 2 is 1.43 bits per heavy atom. The highest BCUT2D eigenvalue weighted by Crippen LogP contribution is 2.37. The lowest BCUT2D eigenvalue weighted by Crippen LogP contribution is -2.57. The van der Waals surface area contributed by atoms with Gasteiger partial charge in [0.1, 0.15) is 17.2 Å². The zero-order chi connectivity index (χ0) is 37.2. The normalized spacial score (nSPS) is 16.8. The summed E-state index contributed by atoms with van der Waals surface area (Å²) in [5.74, 6) is -6.19. The van der Waals surface area contributed by atoms with E-state index >= 15 is 8.78 Å². The van der Waals surface area contributed by atoms with E-state index in [-0.39, 0.29) is 29.8 Å². The number of amides is 1. The fourth-order valence-electron chi connectivity index (χ4n) is 5.65. The Morgan fingerprint density at radius 1 is 0.843 bits per heavy atom. The molecule has 10 nitrogen and oxygen atoms in total. The van der Waals surface area contributed by atoms with E-state index in [1.54, 1.807) is 30.3 Å². The van der Waals surface area contributed by atoms with Gasteiger partial charge in [0.2, 0.25) is 15.9 Å². The van der Waals surface area contributed by atoms with Crippen molar-refractivity contribution in [1.29, 1.82) is 0 Å². The number of benzene rings is 3. The van der Waals surface area contributed by atoms with Crippen LogP contribution in [0.15, 0.2) is 83.8 Å². The predicted molar refractivity (Wildman–Crippen MR) is 177 cm³/mol. The largest absolute Gasteiger partial charge is 0.493 e. The number of hydrogen-bond donors (Lipinski definition) is 3. The third-order valence-corrected chi connectivity index (χ3v) is 9.96. The maximum atomic E-state index is 16.3. The van der Waals surface area contributed by atoms with Gasteiger partial charge in [-0.15, -0.1) is 0 Å². The molecule has 4 N–H and O–H groups in total. The average Bonchev–Trinajstić information content (AvgIpc) is 3.11. The number of sulfonamides is 1. The van der Waals surface area contributed by atoms with Crippen LogP contribution in [0.2, 0.25) is 0 Å². The minimum absolute atomic E-state index is 0.121. The van der Waals surface area contributed by atoms with Crippen LogP contribution in [0.4, 0.5) is 22.0 Å². The van der Waals surface area contributed by atoms with Crippen molar-refractivity contribution in [3.63, 3.8) is 0 Å². The number of hydrogen-bond acceptors (Lipinski definition) is 7. The third-order valence-electron chi connectivity index (χ3n) is 8.52. The van der Waals surface area contributed by atoms with Gasteiger partial charge in [0.25, 0.3) is 5.92 Å². The van der Waals surface area contributed by atoms with Crippen molar-refractivity contribution in [2.24, 2.45) is 11.7 Å². The van der Waals surface area contributed by atoms with Crippen LogP contribution in [0.25, 0.3) is 0 Å². The molecule has 2 aliphatic rings. The van der Waals surface area contributed by atoms with E-state index in [2.05, 4.69) is 0 Å². The molecule has 16 heteroatoms. The molecular weight excluding hydrogens is 701 g/mol. The second kappa shape index (κ2) is 17.3. The fraction of sp³-hybridized carbons (Fsp3) is 0.429. The second-order valence-electron chi connectivity index (χ2n) is 12.4. The molecule has 1 heterocycles. The van der Waals surface area contributed by atoms with Crippen molar-refractivity contribution in [1.82, 2.24) is 9.62 Å². The van der Waals surface area contributed by atoms with E-state index in [1.165, 1.54) is 60.6 Å². The van der Waals surface area contributed by atoms with Gasteiger partial charge >= 0.3 is 12.1 Å². The molecule has 3 aromatic rings. The third kappa shape index (κ3) is 11.4. The van der Waals surface area contributed by atoms with Gasteiger partial charge in [0, 0.05) is 24.7 Å². The standard InChI is InChI=1S/C33H39F2N3O5S.C2HF3O2/c34-33(35,25-10-7-13-29(22-25)43-28-11-5-2-6-12-28)31(32(39)38-20-18-26(36)19-21-38)37-44(40,41)30-16-14-27(15-17-30)42-23-24-8-3-1-4-9-24;3-2(4,5)1(6)7/h2,5-7,10-17,22,24,26,31,37H,1,3-4,8-9,18-21,23,36H2;(H,6,7)/t31-;/m0./s1. The van der Waals surface area contributed by atoms with Crippen molar-refractivity contribution in [2.45, 2.75) is 74.0 Å². The molecule has 0 aromatic heterocycles. The fourth-order valence-corrected chi connectivity index (χ4v) is 6.84. The number of halogens is 5. The van der Waals surface area contributed by atoms with Crippen LogP contribution in [0.1, 0.15) is 50.5 Å². The number of nitrogens with zero attached hydrogens (tertiary/aromatic N) is 1. The molecule has 3 aromatic carbocycles. The molecule has 0 unspecified atom stereocenters. The number of ether oxygens (including phenoxy) is 2. The topological polar surface area (TPSA) is 148 Å². The highest BCUT2D eigenvalue weighted by Gasteiger charge is 2.50. The number of carbonyl (C=O) groups is 2. The number of alkyl halides is 5. The van der Waals surface area contributed by atoms with Gasteiger partial charge in [-0.2, -0.15) is 26.7 Å². The Labute approximate surface area is 292 Å². The number of nitrogens with two attached hydrogens (primary N) is 1. The van der Waals surface area contributed by atoms with Crippen molar-refractivity contribution < 1.29 is 54.5 Å². The number of para-hydroxylation sites is 1. The molecule has 1 saturated heterocycles. The maximum absolute atomic E-state index is 16.3. The molecule has 1 atom stereocenters. The van der Waals surface area contributed by atoms with Gasteiger partial charge < -0.3 is 25.2 Å². The number of nitrogens with one attached hydrogen (secondary N) is 1. The van der Waals surface area contributed by atoms with Crippen molar-refractivity contribution in [3.8, 4) is 17.2 Å². The lowest BCUT2D eigenvalue weighted by Gasteiger charge is -2.35. The van der Waals surface area contributed by atoms with Gasteiger partial charge in [-0.1, -0.05) is 49.6 Å². The summed E-state index contributed by atoms with van der Waals surface area (Å²) in [6.07, 6.45) is 1.57. The number of carbonyl (C=O) groups excluding carboxylic acids is 1. The number of piperidine rings is 1. The van der Waals surface area contributed by atoms with Crippen molar-refractivity contribution in [2.75, 3.05) is 19.7 Å². The van der Waals surface area contributed by atoms with Gasteiger partial charge in [-0.25, -0.2) is 13.2 Å². The molecule has 0 bridgehead atoms. The summed E-state index contributed by atoms with van der Waals surface area (Å²) in [4.78, 5) is 23.5. The van der Waals surface area contributed by atoms with E-state index in [9.17, 15) is 26.4 Å². The summed E-state index contributed by atoms with van der Waals surface area (Å²) in [6, 6.07) is 16.8. The number of aliphatic carboxylic acids is 1. The summed E-state index contributed by atoms with van der Waals surface area (Å²) in [5.41, 5.74) is 5.40. The Balaban J connectivity index is 0.000000755. The van der Waals surface area contributed by atoms with E-state index in [1.807, 2.05) is 4.72 Å². The predicted octanol–water partition coefficient (Wildman–Crippen LogP) is 6.46. The van der Waals surface area contributed by atoms with Crippen LogP contribution in [0.3, 0.4) is 0 Å². The minimum atomic E-state index is -5.08. The molecule has 2 fully saturated rings. The number of carboxylic acid groups (broad SMARTS) is 1. The first kappa shape index (κ1) is 39.5. The van der Waals surface area contributed by atoms with Crippen LogP contribution >= 0.6 is 0 Å². The molecule has 51 heavy (non-hydrogen) atoms. The highest BCUT2D eigenvalue weighted by molar-refractivity contribution is 7.89. The zero-order valence-electron chi connectivity index (χ0n) is 27.5. The molecule has 1 amide bonds. The van der Waals surface area contributed by atoms with Crippen LogP contribution in [0.5, 0.6) is 17.2 Å². The van der Waals surface area contributed by atoms with E-state index < -0.39 is 45.6 Å². The summed E-state index contributed by atoms with van der Waals surface area (Å²) in [5, 5.41) is 7.12. The first-order valence-electron chi connectivity index (χ1n) is 16.4. The molecule has 5 rings (SSSR count). The molecule has 1 saturated carbocycles. The van der Waals surface area contributed by atoms with Crippen LogP contribution in [-0.2, 0) is 25.5 Å². The molecular formula is C35H40F5N3O7S. The van der Waals surface area contributed by atoms with E-state index in [0.717, 1.165) is 25.0 Å². The number of likely N-dealkylation sites (tertiary alicyclic amines) is 1. The SMILES string of the molecule is NC1CCN(C(=O)[C@H](NS(=O)(=O)c2ccc(OCC3CCCCC3)cc2)C(F)(F)c2cccc(Oc3ccccc3)c2)CC1.O=C(O)C(F)(F)F. The van der Waals surface area contributed by atoms with Gasteiger partial charge in [-0.05, 0) is 80.1 Å². The van der Waals surface area contributed by atoms with Crippen LogP contribution in [-0.4, -0.2) is 68.3 Å². The minimum Gasteiger partial charge on any atom is -0.493 e. The Kier molecular flexibility index (Phi) is 13.4. The summed E-state index contributed by atoms with van der Waals surface area (Å²) in [7, 11) is -4.54. The monoisotopic (exact) mass is 741 g/mol. The second-order valence-corrected chi connectivity index (χ2v) is 14.1. The first-order chi connectivity index (χ1) is 24.1. The average molecular weight is 742 g/mol. The quantitative estimate of drug-likeness (QED) is 0.190. The molecule has 278 valence electrons. The molecule has 1 aliphatic heterocycles.